The fraction of sp³-hybridized carbons (Fsp3) is 0.231. The molecule has 0 unspecified atom stereocenters. The second kappa shape index (κ2) is 5.16. The van der Waals surface area contributed by atoms with E-state index in [0.717, 1.165) is 25.2 Å². The Morgan fingerprint density at radius 2 is 2.18 bits per heavy atom. The van der Waals surface area contributed by atoms with Crippen LogP contribution < -0.4 is 10.6 Å². The molecule has 0 fully saturated rings. The molecule has 0 amide bonds. The molecule has 1 aromatic carbocycles. The summed E-state index contributed by atoms with van der Waals surface area (Å²) in [5.41, 5.74) is 3.56. The van der Waals surface area contributed by atoms with Gasteiger partial charge in [0.15, 0.2) is 0 Å². The van der Waals surface area contributed by atoms with Crippen LogP contribution in [0.3, 0.4) is 0 Å². The number of benzene rings is 1. The van der Waals surface area contributed by atoms with Crippen molar-refractivity contribution in [2.75, 3.05) is 11.9 Å². The van der Waals surface area contributed by atoms with Gasteiger partial charge < -0.3 is 10.6 Å². The molecule has 0 saturated carbocycles. The minimum Gasteiger partial charge on any atom is -0.360 e. The first-order chi connectivity index (χ1) is 8.35. The summed E-state index contributed by atoms with van der Waals surface area (Å²) < 4.78 is 0. The molecule has 0 bridgehead atoms. The molecule has 2 N–H and O–H groups in total. The van der Waals surface area contributed by atoms with Crippen molar-refractivity contribution in [3.05, 3.63) is 41.1 Å². The van der Waals surface area contributed by atoms with Crippen LogP contribution in [0.5, 0.6) is 0 Å². The molecule has 1 aliphatic rings. The average Bonchev–Trinajstić information content (AvgIpc) is 2.40. The number of fused-ring (bicyclic) bond motifs is 1. The molecule has 0 atom stereocenters. The first-order valence-electron chi connectivity index (χ1n) is 5.43. The molecular weight excluding hydrogens is 212 g/mol. The second-order valence-electron chi connectivity index (χ2n) is 3.80. The number of allylic oxidation sites excluding steroid dienone is 1. The zero-order valence-corrected chi connectivity index (χ0v) is 9.33. The molecule has 17 heavy (non-hydrogen) atoms. The molecule has 1 aliphatic heterocycles. The van der Waals surface area contributed by atoms with E-state index in [9.17, 15) is 0 Å². The van der Waals surface area contributed by atoms with Crippen molar-refractivity contribution in [2.24, 2.45) is 0 Å². The van der Waals surface area contributed by atoms with Crippen molar-refractivity contribution < 1.29 is 0 Å². The highest BCUT2D eigenvalue weighted by molar-refractivity contribution is 5.58. The summed E-state index contributed by atoms with van der Waals surface area (Å²) >= 11 is 0. The van der Waals surface area contributed by atoms with Crippen LogP contribution in [0.25, 0.3) is 0 Å². The summed E-state index contributed by atoms with van der Waals surface area (Å²) in [7, 11) is 0. The number of nitriles is 2. The van der Waals surface area contributed by atoms with Gasteiger partial charge >= 0.3 is 0 Å². The summed E-state index contributed by atoms with van der Waals surface area (Å²) in [6, 6.07) is 9.70. The lowest BCUT2D eigenvalue weighted by Gasteiger charge is -2.20. The lowest BCUT2D eigenvalue weighted by atomic mass is 9.99. The molecule has 4 nitrogen and oxygen atoms in total. The Bertz CT molecular complexity index is 515. The van der Waals surface area contributed by atoms with Crippen LogP contribution in [0.2, 0.25) is 0 Å². The van der Waals surface area contributed by atoms with Crippen LogP contribution in [0.15, 0.2) is 30.0 Å². The van der Waals surface area contributed by atoms with Gasteiger partial charge in [0.05, 0.1) is 0 Å². The monoisotopic (exact) mass is 224 g/mol. The average molecular weight is 224 g/mol. The maximum Gasteiger partial charge on any atom is 0.145 e. The van der Waals surface area contributed by atoms with Gasteiger partial charge in [0.1, 0.15) is 17.7 Å². The summed E-state index contributed by atoms with van der Waals surface area (Å²) in [5.74, 6) is 0. The SMILES string of the molecule is N#CC(C#N)=CNc1cccc2c1CNCC2. The quantitative estimate of drug-likeness (QED) is 0.750. The number of anilines is 1. The molecule has 0 saturated heterocycles. The molecule has 1 aromatic rings. The van der Waals surface area contributed by atoms with E-state index in [2.05, 4.69) is 16.7 Å². The van der Waals surface area contributed by atoms with Crippen LogP contribution in [-0.2, 0) is 13.0 Å². The minimum absolute atomic E-state index is 0.0753. The molecule has 0 spiro atoms. The van der Waals surface area contributed by atoms with Gasteiger partial charge in [-0.1, -0.05) is 12.1 Å². The first-order valence-corrected chi connectivity index (χ1v) is 5.43. The minimum atomic E-state index is 0.0753. The van der Waals surface area contributed by atoms with Crippen molar-refractivity contribution in [3.63, 3.8) is 0 Å². The maximum atomic E-state index is 8.65. The van der Waals surface area contributed by atoms with Gasteiger partial charge in [-0.3, -0.25) is 0 Å². The first kappa shape index (κ1) is 11.2. The smallest absolute Gasteiger partial charge is 0.145 e. The number of nitrogens with one attached hydrogen (secondary N) is 2. The Kier molecular flexibility index (Phi) is 3.40. The van der Waals surface area contributed by atoms with Crippen LogP contribution in [0.1, 0.15) is 11.1 Å². The Balaban J connectivity index is 2.26. The van der Waals surface area contributed by atoms with Gasteiger partial charge in [0.25, 0.3) is 0 Å². The third kappa shape index (κ3) is 2.44. The van der Waals surface area contributed by atoms with Crippen molar-refractivity contribution in [1.82, 2.24) is 5.32 Å². The molecular formula is C13H12N4. The van der Waals surface area contributed by atoms with Crippen LogP contribution in [0, 0.1) is 22.7 Å². The molecule has 0 aliphatic carbocycles. The van der Waals surface area contributed by atoms with Crippen molar-refractivity contribution >= 4 is 5.69 Å². The number of rotatable bonds is 2. The lowest BCUT2D eigenvalue weighted by Crippen LogP contribution is -2.24. The fourth-order valence-electron chi connectivity index (χ4n) is 1.89. The summed E-state index contributed by atoms with van der Waals surface area (Å²) in [5, 5.41) is 23.6. The third-order valence-corrected chi connectivity index (χ3v) is 2.76. The van der Waals surface area contributed by atoms with Crippen LogP contribution in [0.4, 0.5) is 5.69 Å². The maximum absolute atomic E-state index is 8.65. The molecule has 1 heterocycles. The van der Waals surface area contributed by atoms with Gasteiger partial charge in [0.2, 0.25) is 0 Å². The van der Waals surface area contributed by atoms with Gasteiger partial charge in [-0.25, -0.2) is 0 Å². The molecule has 0 aromatic heterocycles. The van der Waals surface area contributed by atoms with Crippen molar-refractivity contribution in [1.29, 1.82) is 10.5 Å². The van der Waals surface area contributed by atoms with Gasteiger partial charge in [-0.2, -0.15) is 10.5 Å². The van der Waals surface area contributed by atoms with Gasteiger partial charge in [0, 0.05) is 18.4 Å². The van der Waals surface area contributed by atoms with E-state index < -0.39 is 0 Å². The topological polar surface area (TPSA) is 71.6 Å². The molecule has 84 valence electrons. The number of hydrogen-bond acceptors (Lipinski definition) is 4. The van der Waals surface area contributed by atoms with E-state index in [4.69, 9.17) is 10.5 Å². The lowest BCUT2D eigenvalue weighted by molar-refractivity contribution is 0.645. The number of nitrogens with zero attached hydrogens (tertiary/aromatic N) is 2. The zero-order valence-electron chi connectivity index (χ0n) is 9.33. The van der Waals surface area contributed by atoms with E-state index in [-0.39, 0.29) is 5.57 Å². The largest absolute Gasteiger partial charge is 0.360 e. The predicted octanol–water partition coefficient (Wildman–Crippen LogP) is 1.68. The van der Waals surface area contributed by atoms with Gasteiger partial charge in [-0.05, 0) is 30.2 Å². The van der Waals surface area contributed by atoms with Crippen molar-refractivity contribution in [3.8, 4) is 12.1 Å². The Morgan fingerprint density at radius 3 is 2.94 bits per heavy atom. The van der Waals surface area contributed by atoms with E-state index in [0.29, 0.717) is 0 Å². The predicted molar refractivity (Wildman–Crippen MR) is 64.8 cm³/mol. The molecule has 0 radical (unpaired) electrons. The summed E-state index contributed by atoms with van der Waals surface area (Å²) in [4.78, 5) is 0. The third-order valence-electron chi connectivity index (χ3n) is 2.76. The highest BCUT2D eigenvalue weighted by atomic mass is 14.9. The number of hydrogen-bond donors (Lipinski definition) is 2. The normalized spacial score (nSPS) is 12.8. The van der Waals surface area contributed by atoms with Crippen LogP contribution >= 0.6 is 0 Å². The molecule has 2 rings (SSSR count). The van der Waals surface area contributed by atoms with Crippen LogP contribution in [-0.4, -0.2) is 6.54 Å². The summed E-state index contributed by atoms with van der Waals surface area (Å²) in [6.45, 7) is 1.81. The fourth-order valence-corrected chi connectivity index (χ4v) is 1.89. The second-order valence-corrected chi connectivity index (χ2v) is 3.80. The Morgan fingerprint density at radius 1 is 1.35 bits per heavy atom. The molecule has 4 heteroatoms. The Hall–Kier alpha value is -2.30. The van der Waals surface area contributed by atoms with E-state index >= 15 is 0 Å². The van der Waals surface area contributed by atoms with Gasteiger partial charge in [-0.15, -0.1) is 0 Å². The standard InChI is InChI=1S/C13H12N4/c14-6-10(7-15)8-17-13-3-1-2-11-4-5-16-9-12(11)13/h1-3,8,16-17H,4-5,9H2. The van der Waals surface area contributed by atoms with E-state index in [1.165, 1.54) is 17.3 Å². The highest BCUT2D eigenvalue weighted by Gasteiger charge is 2.11. The van der Waals surface area contributed by atoms with Crippen molar-refractivity contribution in [2.45, 2.75) is 13.0 Å². The highest BCUT2D eigenvalue weighted by Crippen LogP contribution is 2.22. The summed E-state index contributed by atoms with van der Waals surface area (Å²) in [6.07, 6.45) is 2.46. The van der Waals surface area contributed by atoms with E-state index in [1.54, 1.807) is 0 Å². The van der Waals surface area contributed by atoms with E-state index in [1.807, 2.05) is 24.3 Å². The zero-order chi connectivity index (χ0) is 12.1. The Labute approximate surface area is 100 Å².